The van der Waals surface area contributed by atoms with Gasteiger partial charge in [-0.05, 0) is 13.8 Å². The Morgan fingerprint density at radius 1 is 1.38 bits per heavy atom. The number of rotatable bonds is 1. The van der Waals surface area contributed by atoms with Crippen LogP contribution in [0.15, 0.2) is 37.5 Å². The Labute approximate surface area is 52.2 Å². The van der Waals surface area contributed by atoms with Crippen LogP contribution in [0.1, 0.15) is 13.8 Å². The summed E-state index contributed by atoms with van der Waals surface area (Å²) in [4.78, 5) is 0. The van der Waals surface area contributed by atoms with E-state index in [4.69, 9.17) is 0 Å². The lowest BCUT2D eigenvalue weighted by Gasteiger charge is -1.78. The lowest BCUT2D eigenvalue weighted by Crippen LogP contribution is -1.57. The summed E-state index contributed by atoms with van der Waals surface area (Å²) < 4.78 is 0. The summed E-state index contributed by atoms with van der Waals surface area (Å²) >= 11 is 0. The minimum Gasteiger partial charge on any atom is -0.106 e. The van der Waals surface area contributed by atoms with E-state index in [2.05, 4.69) is 19.7 Å². The number of allylic oxidation sites excluding steroid dienone is 3. The first-order chi connectivity index (χ1) is 3.81. The number of hydrogen-bond donors (Lipinski definition) is 0. The zero-order chi connectivity index (χ0) is 6.99. The summed E-state index contributed by atoms with van der Waals surface area (Å²) in [5.41, 5.74) is 1.23. The SMILES string of the molecule is C=C.C=C/C(C)=C\C. The summed E-state index contributed by atoms with van der Waals surface area (Å²) in [6, 6.07) is 0. The third-order valence-corrected chi connectivity index (χ3v) is 0.777. The quantitative estimate of drug-likeness (QED) is 0.359. The van der Waals surface area contributed by atoms with Gasteiger partial charge in [0.2, 0.25) is 0 Å². The minimum atomic E-state index is 1.23. The minimum absolute atomic E-state index is 1.23. The van der Waals surface area contributed by atoms with Crippen molar-refractivity contribution in [2.24, 2.45) is 0 Å². The van der Waals surface area contributed by atoms with Gasteiger partial charge in [-0.1, -0.05) is 24.3 Å². The standard InChI is InChI=1S/C6H10.C2H4/c1-4-6(3)5-2;1-2/h4-5H,1H2,2-3H3;1-2H2/b6-5-;. The molecule has 0 aromatic rings. The maximum Gasteiger partial charge on any atom is -0.0401 e. The second-order valence-corrected chi connectivity index (χ2v) is 1.24. The monoisotopic (exact) mass is 110 g/mol. The first-order valence-electron chi connectivity index (χ1n) is 2.56. The molecule has 0 amide bonds. The third kappa shape index (κ3) is 8.97. The highest BCUT2D eigenvalue weighted by atomic mass is 13.7. The van der Waals surface area contributed by atoms with Gasteiger partial charge >= 0.3 is 0 Å². The highest BCUT2D eigenvalue weighted by Crippen LogP contribution is 1.88. The van der Waals surface area contributed by atoms with Crippen LogP contribution in [-0.4, -0.2) is 0 Å². The Balaban J connectivity index is 0. The summed E-state index contributed by atoms with van der Waals surface area (Å²) in [6.45, 7) is 13.6. The smallest absolute Gasteiger partial charge is 0.0401 e. The first kappa shape index (κ1) is 10.3. The van der Waals surface area contributed by atoms with Crippen LogP contribution < -0.4 is 0 Å². The predicted molar refractivity (Wildman–Crippen MR) is 40.9 cm³/mol. The molecule has 0 saturated heterocycles. The topological polar surface area (TPSA) is 0 Å². The van der Waals surface area contributed by atoms with Crippen LogP contribution in [0.3, 0.4) is 0 Å². The van der Waals surface area contributed by atoms with Crippen LogP contribution in [0.4, 0.5) is 0 Å². The summed E-state index contributed by atoms with van der Waals surface area (Å²) in [6.07, 6.45) is 3.85. The molecule has 0 aliphatic heterocycles. The molecule has 0 atom stereocenters. The van der Waals surface area contributed by atoms with Crippen molar-refractivity contribution >= 4 is 0 Å². The maximum absolute atomic E-state index is 3.56. The first-order valence-corrected chi connectivity index (χ1v) is 2.56. The largest absolute Gasteiger partial charge is 0.106 e. The van der Waals surface area contributed by atoms with Crippen LogP contribution in [0.25, 0.3) is 0 Å². The normalized spacial score (nSPS) is 9.00. The van der Waals surface area contributed by atoms with Gasteiger partial charge in [-0.2, -0.15) is 0 Å². The fourth-order valence-electron chi connectivity index (χ4n) is 0.118. The Hall–Kier alpha value is -0.780. The van der Waals surface area contributed by atoms with E-state index in [1.807, 2.05) is 26.0 Å². The molecule has 0 heterocycles. The summed E-state index contributed by atoms with van der Waals surface area (Å²) in [5.74, 6) is 0. The molecule has 0 aromatic heterocycles. The van der Waals surface area contributed by atoms with E-state index in [1.165, 1.54) is 5.57 Å². The maximum atomic E-state index is 3.56. The van der Waals surface area contributed by atoms with Gasteiger partial charge < -0.3 is 0 Å². The van der Waals surface area contributed by atoms with Gasteiger partial charge in [0.25, 0.3) is 0 Å². The Kier molecular flexibility index (Phi) is 12.2. The molecule has 46 valence electrons. The van der Waals surface area contributed by atoms with Crippen molar-refractivity contribution in [3.63, 3.8) is 0 Å². The van der Waals surface area contributed by atoms with Crippen LogP contribution in [0.2, 0.25) is 0 Å². The molecule has 8 heavy (non-hydrogen) atoms. The molecule has 0 spiro atoms. The predicted octanol–water partition coefficient (Wildman–Crippen LogP) is 2.94. The zero-order valence-electron chi connectivity index (χ0n) is 5.78. The van der Waals surface area contributed by atoms with Crippen molar-refractivity contribution in [3.05, 3.63) is 37.5 Å². The summed E-state index contributed by atoms with van der Waals surface area (Å²) in [7, 11) is 0. The molecule has 0 heteroatoms. The van der Waals surface area contributed by atoms with Crippen LogP contribution in [0.5, 0.6) is 0 Å². The Morgan fingerprint density at radius 3 is 1.75 bits per heavy atom. The van der Waals surface area contributed by atoms with Crippen molar-refractivity contribution in [1.82, 2.24) is 0 Å². The average Bonchev–Trinajstić information content (AvgIpc) is 1.91. The van der Waals surface area contributed by atoms with E-state index in [1.54, 1.807) is 0 Å². The van der Waals surface area contributed by atoms with E-state index in [0.29, 0.717) is 0 Å². The van der Waals surface area contributed by atoms with E-state index < -0.39 is 0 Å². The molecule has 0 aliphatic carbocycles. The molecule has 0 radical (unpaired) electrons. The highest BCUT2D eigenvalue weighted by molar-refractivity contribution is 5.10. The van der Waals surface area contributed by atoms with Crippen molar-refractivity contribution in [2.45, 2.75) is 13.8 Å². The average molecular weight is 110 g/mol. The third-order valence-electron chi connectivity index (χ3n) is 0.777. The lowest BCUT2D eigenvalue weighted by atomic mass is 10.3. The van der Waals surface area contributed by atoms with E-state index in [9.17, 15) is 0 Å². The van der Waals surface area contributed by atoms with Crippen molar-refractivity contribution in [2.75, 3.05) is 0 Å². The molecule has 0 fully saturated rings. The van der Waals surface area contributed by atoms with Gasteiger partial charge in [0, 0.05) is 0 Å². The Morgan fingerprint density at radius 2 is 1.75 bits per heavy atom. The van der Waals surface area contributed by atoms with Crippen LogP contribution in [0, 0.1) is 0 Å². The zero-order valence-corrected chi connectivity index (χ0v) is 5.78. The molecule has 0 aromatic carbocycles. The Bertz CT molecular complexity index is 78.0. The molecular weight excluding hydrogens is 96.1 g/mol. The molecular formula is C8H14. The molecule has 0 bridgehead atoms. The second kappa shape index (κ2) is 9.52. The van der Waals surface area contributed by atoms with Gasteiger partial charge in [-0.15, -0.1) is 13.2 Å². The fraction of sp³-hybridized carbons (Fsp3) is 0.250. The van der Waals surface area contributed by atoms with Crippen LogP contribution in [-0.2, 0) is 0 Å². The molecule has 0 rings (SSSR count). The molecule has 0 saturated carbocycles. The van der Waals surface area contributed by atoms with Crippen molar-refractivity contribution in [3.8, 4) is 0 Å². The van der Waals surface area contributed by atoms with Gasteiger partial charge in [-0.3, -0.25) is 0 Å². The van der Waals surface area contributed by atoms with E-state index >= 15 is 0 Å². The van der Waals surface area contributed by atoms with Crippen molar-refractivity contribution < 1.29 is 0 Å². The van der Waals surface area contributed by atoms with Crippen LogP contribution >= 0.6 is 0 Å². The molecule has 0 N–H and O–H groups in total. The molecule has 0 nitrogen and oxygen atoms in total. The van der Waals surface area contributed by atoms with Gasteiger partial charge in [0.05, 0.1) is 0 Å². The van der Waals surface area contributed by atoms with Crippen molar-refractivity contribution in [1.29, 1.82) is 0 Å². The summed E-state index contributed by atoms with van der Waals surface area (Å²) in [5, 5.41) is 0. The second-order valence-electron chi connectivity index (χ2n) is 1.24. The van der Waals surface area contributed by atoms with Gasteiger partial charge in [0.1, 0.15) is 0 Å². The number of hydrogen-bond acceptors (Lipinski definition) is 0. The molecule has 0 aliphatic rings. The van der Waals surface area contributed by atoms with E-state index in [-0.39, 0.29) is 0 Å². The van der Waals surface area contributed by atoms with Gasteiger partial charge in [0.15, 0.2) is 0 Å². The highest BCUT2D eigenvalue weighted by Gasteiger charge is 1.66. The van der Waals surface area contributed by atoms with Gasteiger partial charge in [-0.25, -0.2) is 0 Å². The molecule has 0 unspecified atom stereocenters. The lowest BCUT2D eigenvalue weighted by molar-refractivity contribution is 1.49. The fourth-order valence-corrected chi connectivity index (χ4v) is 0.118. The van der Waals surface area contributed by atoms with E-state index in [0.717, 1.165) is 0 Å².